The maximum Gasteiger partial charge on any atom is 0.306 e. The second-order valence-electron chi connectivity index (χ2n) is 4.72. The van der Waals surface area contributed by atoms with E-state index < -0.39 is 42.5 Å². The van der Waals surface area contributed by atoms with Gasteiger partial charge in [-0.1, -0.05) is 20.8 Å². The normalized spacial score (nSPS) is 27.8. The average Bonchev–Trinajstić information content (AvgIpc) is 2.52. The Morgan fingerprint density at radius 3 is 1.86 bits per heavy atom. The number of carbonyl (C=O) groups is 3. The third kappa shape index (κ3) is 4.96. The number of aliphatic hydroxyl groups excluding tert-OH is 1. The first-order chi connectivity index (χ1) is 10.4. The molecule has 1 aliphatic heterocycles. The van der Waals surface area contributed by atoms with Crippen LogP contribution < -0.4 is 0 Å². The van der Waals surface area contributed by atoms with Crippen LogP contribution >= 0.6 is 0 Å². The maximum atomic E-state index is 11.6. The van der Waals surface area contributed by atoms with Crippen molar-refractivity contribution < 1.29 is 38.4 Å². The molecule has 126 valence electrons. The molecule has 1 rings (SSSR count). The second-order valence-corrected chi connectivity index (χ2v) is 4.72. The zero-order valence-corrected chi connectivity index (χ0v) is 12.9. The van der Waals surface area contributed by atoms with Gasteiger partial charge in [0, 0.05) is 19.3 Å². The lowest BCUT2D eigenvalue weighted by molar-refractivity contribution is -0.268. The Hall–Kier alpha value is -1.67. The van der Waals surface area contributed by atoms with E-state index in [0.29, 0.717) is 0 Å². The largest absolute Gasteiger partial charge is 0.456 e. The van der Waals surface area contributed by atoms with Crippen molar-refractivity contribution in [1.82, 2.24) is 0 Å². The number of hydrogen-bond donors (Lipinski definition) is 1. The van der Waals surface area contributed by atoms with E-state index in [1.807, 2.05) is 0 Å². The lowest BCUT2D eigenvalue weighted by Crippen LogP contribution is -2.57. The molecule has 0 aromatic carbocycles. The van der Waals surface area contributed by atoms with E-state index in [-0.39, 0.29) is 25.9 Å². The molecule has 1 saturated heterocycles. The Balaban J connectivity index is 2.92. The average molecular weight is 318 g/mol. The minimum absolute atomic E-state index is 0.0804. The number of hydrogen-bond acceptors (Lipinski definition) is 8. The van der Waals surface area contributed by atoms with Crippen LogP contribution in [0, 0.1) is 0 Å². The Morgan fingerprint density at radius 1 is 0.909 bits per heavy atom. The van der Waals surface area contributed by atoms with E-state index in [0.717, 1.165) is 0 Å². The van der Waals surface area contributed by atoms with Crippen molar-refractivity contribution in [1.29, 1.82) is 0 Å². The van der Waals surface area contributed by atoms with Crippen molar-refractivity contribution in [2.75, 3.05) is 6.61 Å². The van der Waals surface area contributed by atoms with Crippen molar-refractivity contribution in [2.24, 2.45) is 0 Å². The van der Waals surface area contributed by atoms with Crippen molar-refractivity contribution in [3.8, 4) is 0 Å². The molecule has 0 spiro atoms. The molecule has 0 unspecified atom stereocenters. The summed E-state index contributed by atoms with van der Waals surface area (Å²) in [5.41, 5.74) is 0. The van der Waals surface area contributed by atoms with Crippen LogP contribution in [-0.4, -0.2) is 54.2 Å². The van der Waals surface area contributed by atoms with E-state index in [9.17, 15) is 19.5 Å². The van der Waals surface area contributed by atoms with Gasteiger partial charge in [-0.3, -0.25) is 14.4 Å². The van der Waals surface area contributed by atoms with E-state index in [1.165, 1.54) is 0 Å². The predicted molar refractivity (Wildman–Crippen MR) is 72.5 cm³/mol. The molecule has 0 aliphatic carbocycles. The van der Waals surface area contributed by atoms with Gasteiger partial charge in [0.15, 0.2) is 24.6 Å². The van der Waals surface area contributed by atoms with Gasteiger partial charge in [-0.05, 0) is 0 Å². The number of ether oxygens (including phenoxy) is 4. The van der Waals surface area contributed by atoms with Gasteiger partial charge in [0.05, 0.1) is 6.61 Å². The van der Waals surface area contributed by atoms with Crippen molar-refractivity contribution in [3.63, 3.8) is 0 Å². The van der Waals surface area contributed by atoms with Crippen LogP contribution in [0.5, 0.6) is 0 Å². The Morgan fingerprint density at radius 2 is 1.36 bits per heavy atom. The van der Waals surface area contributed by atoms with Gasteiger partial charge in [0.25, 0.3) is 0 Å². The van der Waals surface area contributed by atoms with Crippen molar-refractivity contribution in [2.45, 2.75) is 64.6 Å². The standard InChI is InChI=1S/C14H22O8/c1-4-9(15)20-8-7-19-14(18)13(22-11(17)6-3)12(8)21-10(16)5-2/h8,12-14,18H,4-7H2,1-3H3/t8-,12-,13-,14-/m1/s1. The molecule has 8 heteroatoms. The van der Waals surface area contributed by atoms with Crippen LogP contribution in [0.25, 0.3) is 0 Å². The number of rotatable bonds is 6. The first kappa shape index (κ1) is 18.4. The molecule has 0 aromatic rings. The first-order valence-corrected chi connectivity index (χ1v) is 7.30. The summed E-state index contributed by atoms with van der Waals surface area (Å²) in [5, 5.41) is 9.85. The van der Waals surface area contributed by atoms with Gasteiger partial charge >= 0.3 is 17.9 Å². The van der Waals surface area contributed by atoms with E-state index in [2.05, 4.69) is 0 Å². The SMILES string of the molecule is CCC(=O)O[C@@H]1[C@H](OC(=O)CC)[C@H](OC(=O)CC)CO[C@H]1O. The summed E-state index contributed by atoms with van der Waals surface area (Å²) in [6.07, 6.45) is -4.45. The predicted octanol–water partition coefficient (Wildman–Crippen LogP) is 0.300. The van der Waals surface area contributed by atoms with Gasteiger partial charge in [-0.15, -0.1) is 0 Å². The maximum absolute atomic E-state index is 11.6. The van der Waals surface area contributed by atoms with Gasteiger partial charge in [0.2, 0.25) is 0 Å². The highest BCUT2D eigenvalue weighted by Crippen LogP contribution is 2.24. The fourth-order valence-electron chi connectivity index (χ4n) is 1.85. The third-order valence-electron chi connectivity index (χ3n) is 3.09. The highest BCUT2D eigenvalue weighted by Gasteiger charge is 2.46. The highest BCUT2D eigenvalue weighted by molar-refractivity contribution is 5.71. The highest BCUT2D eigenvalue weighted by atomic mass is 16.7. The first-order valence-electron chi connectivity index (χ1n) is 7.30. The van der Waals surface area contributed by atoms with E-state index in [1.54, 1.807) is 20.8 Å². The molecular weight excluding hydrogens is 296 g/mol. The molecule has 1 heterocycles. The minimum atomic E-state index is -1.46. The summed E-state index contributed by atoms with van der Waals surface area (Å²) in [7, 11) is 0. The summed E-state index contributed by atoms with van der Waals surface area (Å²) in [5.74, 6) is -1.66. The molecule has 0 amide bonds. The van der Waals surface area contributed by atoms with E-state index in [4.69, 9.17) is 18.9 Å². The molecule has 1 fully saturated rings. The van der Waals surface area contributed by atoms with Gasteiger partial charge in [-0.2, -0.15) is 0 Å². The Bertz CT molecular complexity index is 408. The molecule has 8 nitrogen and oxygen atoms in total. The molecule has 1 aliphatic rings. The minimum Gasteiger partial charge on any atom is -0.456 e. The zero-order valence-electron chi connectivity index (χ0n) is 12.9. The second kappa shape index (κ2) is 8.70. The Kier molecular flexibility index (Phi) is 7.26. The molecule has 0 saturated carbocycles. The monoisotopic (exact) mass is 318 g/mol. The number of esters is 3. The molecule has 0 radical (unpaired) electrons. The third-order valence-corrected chi connectivity index (χ3v) is 3.09. The summed E-state index contributed by atoms with van der Waals surface area (Å²) >= 11 is 0. The van der Waals surface area contributed by atoms with Crippen molar-refractivity contribution >= 4 is 17.9 Å². The molecule has 22 heavy (non-hydrogen) atoms. The van der Waals surface area contributed by atoms with Crippen LogP contribution in [0.2, 0.25) is 0 Å². The summed E-state index contributed by atoms with van der Waals surface area (Å²) in [6.45, 7) is 4.63. The van der Waals surface area contributed by atoms with Gasteiger partial charge in [-0.25, -0.2) is 0 Å². The summed E-state index contributed by atoms with van der Waals surface area (Å²) in [4.78, 5) is 34.5. The molecule has 4 atom stereocenters. The quantitative estimate of drug-likeness (QED) is 0.550. The van der Waals surface area contributed by atoms with Gasteiger partial charge in [0.1, 0.15) is 0 Å². The van der Waals surface area contributed by atoms with Crippen molar-refractivity contribution in [3.05, 3.63) is 0 Å². The molecular formula is C14H22O8. The molecule has 0 aromatic heterocycles. The molecule has 1 N–H and O–H groups in total. The Labute approximate surface area is 128 Å². The summed E-state index contributed by atoms with van der Waals surface area (Å²) < 4.78 is 20.5. The van der Waals surface area contributed by atoms with E-state index >= 15 is 0 Å². The van der Waals surface area contributed by atoms with Crippen LogP contribution in [0.15, 0.2) is 0 Å². The molecule has 0 bridgehead atoms. The van der Waals surface area contributed by atoms with Crippen LogP contribution in [0.4, 0.5) is 0 Å². The number of aliphatic hydroxyl groups is 1. The summed E-state index contributed by atoms with van der Waals surface area (Å²) in [6, 6.07) is 0. The number of carbonyl (C=O) groups excluding carboxylic acids is 3. The van der Waals surface area contributed by atoms with Crippen LogP contribution in [0.3, 0.4) is 0 Å². The lowest BCUT2D eigenvalue weighted by Gasteiger charge is -2.38. The van der Waals surface area contributed by atoms with Gasteiger partial charge < -0.3 is 24.1 Å². The van der Waals surface area contributed by atoms with Crippen LogP contribution in [0.1, 0.15) is 40.0 Å². The fourth-order valence-corrected chi connectivity index (χ4v) is 1.85. The zero-order chi connectivity index (χ0) is 16.7. The van der Waals surface area contributed by atoms with Crippen LogP contribution in [-0.2, 0) is 33.3 Å². The smallest absolute Gasteiger partial charge is 0.306 e. The fraction of sp³-hybridized carbons (Fsp3) is 0.786. The topological polar surface area (TPSA) is 108 Å². The lowest BCUT2D eigenvalue weighted by atomic mass is 10.0.